The average Bonchev–Trinajstić information content (AvgIpc) is 2.27. The molecule has 1 heterocycles. The van der Waals surface area contributed by atoms with E-state index in [2.05, 4.69) is 10.3 Å². The zero-order valence-corrected chi connectivity index (χ0v) is 9.88. The van der Waals surface area contributed by atoms with Crippen molar-refractivity contribution in [3.63, 3.8) is 0 Å². The first-order valence-corrected chi connectivity index (χ1v) is 6.32. The molecule has 4 heteroatoms. The van der Waals surface area contributed by atoms with Gasteiger partial charge >= 0.3 is 0 Å². The van der Waals surface area contributed by atoms with Crippen molar-refractivity contribution in [3.05, 3.63) is 30.1 Å². The molecule has 1 N–H and O–H groups in total. The van der Waals surface area contributed by atoms with Gasteiger partial charge in [-0.1, -0.05) is 6.07 Å². The summed E-state index contributed by atoms with van der Waals surface area (Å²) < 4.78 is 0. The molecule has 82 valence electrons. The minimum absolute atomic E-state index is 0.0134. The highest BCUT2D eigenvalue weighted by molar-refractivity contribution is 7.98. The minimum atomic E-state index is -0.0134. The smallest absolute Gasteiger partial charge is 0.221 e. The predicted molar refractivity (Wildman–Crippen MR) is 63.8 cm³/mol. The topological polar surface area (TPSA) is 42.0 Å². The molecule has 1 rings (SSSR count). The van der Waals surface area contributed by atoms with E-state index in [9.17, 15) is 4.79 Å². The van der Waals surface area contributed by atoms with Gasteiger partial charge in [-0.2, -0.15) is 11.8 Å². The number of carbonyl (C=O) groups excluding carboxylic acids is 1. The summed E-state index contributed by atoms with van der Waals surface area (Å²) in [7, 11) is 0. The molecule has 1 aromatic rings. The average molecular weight is 224 g/mol. The van der Waals surface area contributed by atoms with E-state index in [-0.39, 0.29) is 11.9 Å². The molecule has 0 aliphatic carbocycles. The summed E-state index contributed by atoms with van der Waals surface area (Å²) in [5, 5.41) is 2.92. The fraction of sp³-hybridized carbons (Fsp3) is 0.455. The van der Waals surface area contributed by atoms with Gasteiger partial charge in [0.1, 0.15) is 0 Å². The maximum absolute atomic E-state index is 11.4. The first-order chi connectivity index (χ1) is 7.24. The molecule has 0 fully saturated rings. The van der Waals surface area contributed by atoms with Crippen LogP contribution in [0.2, 0.25) is 0 Å². The van der Waals surface area contributed by atoms with Gasteiger partial charge in [0.25, 0.3) is 0 Å². The Hall–Kier alpha value is -1.03. The van der Waals surface area contributed by atoms with Crippen LogP contribution in [-0.4, -0.2) is 22.9 Å². The molecule has 1 aromatic heterocycles. The summed E-state index contributed by atoms with van der Waals surface area (Å²) in [5.41, 5.74) is 0.898. The number of aromatic nitrogens is 1. The van der Waals surface area contributed by atoms with Crippen molar-refractivity contribution < 1.29 is 4.79 Å². The lowest BCUT2D eigenvalue weighted by atomic mass is 10.2. The summed E-state index contributed by atoms with van der Waals surface area (Å²) in [5.74, 6) is 0.948. The van der Waals surface area contributed by atoms with Gasteiger partial charge < -0.3 is 5.32 Å². The summed E-state index contributed by atoms with van der Waals surface area (Å²) in [6.07, 6.45) is 4.30. The van der Waals surface area contributed by atoms with Crippen molar-refractivity contribution in [2.45, 2.75) is 19.4 Å². The summed E-state index contributed by atoms with van der Waals surface area (Å²) in [4.78, 5) is 15.6. The molecule has 0 bridgehead atoms. The molecule has 1 atom stereocenters. The number of hydrogen-bond donors (Lipinski definition) is 1. The summed E-state index contributed by atoms with van der Waals surface area (Å²) in [6.45, 7) is 1.94. The fourth-order valence-electron chi connectivity index (χ4n) is 1.21. The second-order valence-corrected chi connectivity index (χ2v) is 4.27. The monoisotopic (exact) mass is 224 g/mol. The second-order valence-electron chi connectivity index (χ2n) is 3.29. The number of pyridine rings is 1. The van der Waals surface area contributed by atoms with E-state index in [1.807, 2.05) is 31.4 Å². The number of nitrogens with one attached hydrogen (secondary N) is 1. The maximum atomic E-state index is 11.4. The van der Waals surface area contributed by atoms with Gasteiger partial charge in [-0.15, -0.1) is 0 Å². The quantitative estimate of drug-likeness (QED) is 0.832. The van der Waals surface area contributed by atoms with Gasteiger partial charge in [0.05, 0.1) is 11.7 Å². The Balaban J connectivity index is 2.42. The molecule has 0 aromatic carbocycles. The zero-order chi connectivity index (χ0) is 11.1. The van der Waals surface area contributed by atoms with Gasteiger partial charge in [-0.25, -0.2) is 0 Å². The first-order valence-electron chi connectivity index (χ1n) is 4.93. The van der Waals surface area contributed by atoms with Gasteiger partial charge in [0.15, 0.2) is 0 Å². The number of hydrogen-bond acceptors (Lipinski definition) is 3. The second kappa shape index (κ2) is 6.45. The van der Waals surface area contributed by atoms with E-state index in [1.54, 1.807) is 18.0 Å². The Morgan fingerprint density at radius 1 is 1.60 bits per heavy atom. The Kier molecular flexibility index (Phi) is 5.18. The molecule has 0 saturated carbocycles. The van der Waals surface area contributed by atoms with Crippen molar-refractivity contribution in [2.75, 3.05) is 12.0 Å². The summed E-state index contributed by atoms with van der Waals surface area (Å²) in [6, 6.07) is 5.69. The van der Waals surface area contributed by atoms with E-state index >= 15 is 0 Å². The third-order valence-corrected chi connectivity index (χ3v) is 2.65. The molecular weight excluding hydrogens is 208 g/mol. The van der Waals surface area contributed by atoms with Crippen molar-refractivity contribution >= 4 is 17.7 Å². The Labute approximate surface area is 94.7 Å². The lowest BCUT2D eigenvalue weighted by Gasteiger charge is -2.12. The zero-order valence-electron chi connectivity index (χ0n) is 9.06. The van der Waals surface area contributed by atoms with E-state index < -0.39 is 0 Å². The number of amides is 1. The molecule has 1 amide bonds. The normalized spacial score (nSPS) is 12.1. The lowest BCUT2D eigenvalue weighted by Crippen LogP contribution is -2.27. The Morgan fingerprint density at radius 3 is 3.00 bits per heavy atom. The fourth-order valence-corrected chi connectivity index (χ4v) is 1.60. The third kappa shape index (κ3) is 4.34. The molecule has 0 unspecified atom stereocenters. The minimum Gasteiger partial charge on any atom is -0.348 e. The van der Waals surface area contributed by atoms with Gasteiger partial charge in [-0.3, -0.25) is 9.78 Å². The largest absolute Gasteiger partial charge is 0.348 e. The van der Waals surface area contributed by atoms with Crippen LogP contribution in [0.3, 0.4) is 0 Å². The van der Waals surface area contributed by atoms with Crippen LogP contribution in [0.25, 0.3) is 0 Å². The van der Waals surface area contributed by atoms with E-state index in [1.165, 1.54) is 0 Å². The Morgan fingerprint density at radius 2 is 2.40 bits per heavy atom. The van der Waals surface area contributed by atoms with Crippen LogP contribution in [0.4, 0.5) is 0 Å². The van der Waals surface area contributed by atoms with Crippen molar-refractivity contribution in [1.82, 2.24) is 10.3 Å². The number of nitrogens with zero attached hydrogens (tertiary/aromatic N) is 1. The highest BCUT2D eigenvalue weighted by Gasteiger charge is 2.09. The molecule has 0 aliphatic rings. The van der Waals surface area contributed by atoms with Gasteiger partial charge in [0.2, 0.25) is 5.91 Å². The third-order valence-electron chi connectivity index (χ3n) is 2.04. The van der Waals surface area contributed by atoms with E-state index in [0.29, 0.717) is 6.42 Å². The molecule has 15 heavy (non-hydrogen) atoms. The molecular formula is C11H16N2OS. The first kappa shape index (κ1) is 12.0. The molecule has 0 aliphatic heterocycles. The molecule has 3 nitrogen and oxygen atoms in total. The predicted octanol–water partition coefficient (Wildman–Crippen LogP) is 2.01. The molecule has 0 spiro atoms. The number of thioether (sulfide) groups is 1. The van der Waals surface area contributed by atoms with Crippen LogP contribution >= 0.6 is 11.8 Å². The van der Waals surface area contributed by atoms with Crippen LogP contribution in [0.15, 0.2) is 24.4 Å². The SMILES string of the molecule is CSCCC(=O)N[C@H](C)c1ccccn1. The number of carbonyl (C=O) groups is 1. The van der Waals surface area contributed by atoms with Crippen LogP contribution in [-0.2, 0) is 4.79 Å². The van der Waals surface area contributed by atoms with Crippen molar-refractivity contribution in [1.29, 1.82) is 0 Å². The van der Waals surface area contributed by atoms with Crippen LogP contribution in [0.1, 0.15) is 25.1 Å². The van der Waals surface area contributed by atoms with Crippen LogP contribution < -0.4 is 5.32 Å². The maximum Gasteiger partial charge on any atom is 0.221 e. The van der Waals surface area contributed by atoms with Crippen LogP contribution in [0, 0.1) is 0 Å². The summed E-state index contributed by atoms with van der Waals surface area (Å²) >= 11 is 1.68. The number of rotatable bonds is 5. The highest BCUT2D eigenvalue weighted by atomic mass is 32.2. The van der Waals surface area contributed by atoms with E-state index in [4.69, 9.17) is 0 Å². The lowest BCUT2D eigenvalue weighted by molar-refractivity contribution is -0.121. The molecule has 0 saturated heterocycles. The van der Waals surface area contributed by atoms with E-state index in [0.717, 1.165) is 11.4 Å². The Bertz CT molecular complexity index is 303. The highest BCUT2D eigenvalue weighted by Crippen LogP contribution is 2.08. The van der Waals surface area contributed by atoms with Gasteiger partial charge in [-0.05, 0) is 25.3 Å². The van der Waals surface area contributed by atoms with Gasteiger partial charge in [0, 0.05) is 18.4 Å². The van der Waals surface area contributed by atoms with Crippen molar-refractivity contribution in [2.24, 2.45) is 0 Å². The standard InChI is InChI=1S/C11H16N2OS/c1-9(10-5-3-4-7-12-10)13-11(14)6-8-15-2/h3-5,7,9H,6,8H2,1-2H3,(H,13,14)/t9-/m1/s1. The molecule has 0 radical (unpaired) electrons. The van der Waals surface area contributed by atoms with Crippen LogP contribution in [0.5, 0.6) is 0 Å². The van der Waals surface area contributed by atoms with Crippen molar-refractivity contribution in [3.8, 4) is 0 Å².